The van der Waals surface area contributed by atoms with E-state index in [1.54, 1.807) is 25.7 Å². The van der Waals surface area contributed by atoms with Crippen LogP contribution in [-0.4, -0.2) is 43.9 Å². The van der Waals surface area contributed by atoms with Crippen molar-refractivity contribution in [3.63, 3.8) is 0 Å². The highest BCUT2D eigenvalue weighted by Crippen LogP contribution is 2.39. The minimum Gasteiger partial charge on any atom is -0.497 e. The number of hydrogen-bond donors (Lipinski definition) is 1. The molecule has 0 saturated heterocycles. The van der Waals surface area contributed by atoms with Gasteiger partial charge < -0.3 is 19.5 Å². The van der Waals surface area contributed by atoms with Gasteiger partial charge in [0.1, 0.15) is 17.3 Å². The molecule has 8 nitrogen and oxygen atoms in total. The zero-order valence-electron chi connectivity index (χ0n) is 19.1. The Morgan fingerprint density at radius 3 is 2.65 bits per heavy atom. The first-order valence-corrected chi connectivity index (χ1v) is 11.9. The monoisotopic (exact) mass is 523 g/mol. The van der Waals surface area contributed by atoms with E-state index in [1.165, 1.54) is 0 Å². The molecular weight excluding hydrogens is 498 g/mol. The number of fused-ring (bicyclic) bond motifs is 1. The molecule has 5 rings (SSSR count). The molecule has 4 aromatic rings. The number of aromatic nitrogens is 4. The molecule has 0 bridgehead atoms. The van der Waals surface area contributed by atoms with E-state index in [4.69, 9.17) is 9.47 Å². The summed E-state index contributed by atoms with van der Waals surface area (Å²) < 4.78 is 14.0. The molecule has 0 amide bonds. The van der Waals surface area contributed by atoms with Gasteiger partial charge in [0, 0.05) is 25.4 Å². The molecule has 1 aliphatic rings. The van der Waals surface area contributed by atoms with E-state index in [-0.39, 0.29) is 0 Å². The van der Waals surface area contributed by atoms with Crippen LogP contribution < -0.4 is 14.4 Å². The molecule has 1 N–H and O–H groups in total. The number of benzene rings is 1. The van der Waals surface area contributed by atoms with Crippen LogP contribution in [0.1, 0.15) is 25.3 Å². The summed E-state index contributed by atoms with van der Waals surface area (Å²) in [5, 5.41) is 14.9. The number of anilines is 1. The summed E-state index contributed by atoms with van der Waals surface area (Å²) in [7, 11) is 1.66. The lowest BCUT2D eigenvalue weighted by molar-refractivity contribution is -0.0542. The smallest absolute Gasteiger partial charge is 0.225 e. The Hall–Kier alpha value is -3.17. The Labute approximate surface area is 206 Å². The van der Waals surface area contributed by atoms with Gasteiger partial charge in [0.25, 0.3) is 0 Å². The molecule has 0 aliphatic heterocycles. The number of methoxy groups -OCH3 is 1. The average molecular weight is 524 g/mol. The van der Waals surface area contributed by atoms with E-state index in [0.29, 0.717) is 29.7 Å². The number of ether oxygens (including phenoxy) is 2. The summed E-state index contributed by atoms with van der Waals surface area (Å²) in [5.74, 6) is 3.12. The van der Waals surface area contributed by atoms with Crippen molar-refractivity contribution in [2.45, 2.75) is 31.9 Å². The predicted molar refractivity (Wildman–Crippen MR) is 132 cm³/mol. The van der Waals surface area contributed by atoms with Crippen LogP contribution in [0, 0.1) is 5.92 Å². The van der Waals surface area contributed by atoms with Crippen molar-refractivity contribution in [3.8, 4) is 17.4 Å². The SMILES string of the molecule is COc1ccc(CN(CC2CC(C)(O)C2)c2cc(Oc3cccnc3)nc3c(Br)cnn23)cc1. The molecule has 9 heteroatoms. The minimum atomic E-state index is -0.590. The number of nitrogens with zero attached hydrogens (tertiary/aromatic N) is 5. The standard InChI is InChI=1S/C25H26BrN5O3/c1-25(32)11-18(12-25)16-30(15-17-5-7-19(33-2)8-6-17)23-10-22(34-20-4-3-9-27-13-20)29-24-21(26)14-28-31(23)24/h3-10,13-14,18,32H,11-12,15-16H2,1-2H3. The van der Waals surface area contributed by atoms with E-state index in [1.807, 2.05) is 41.8 Å². The van der Waals surface area contributed by atoms with E-state index in [9.17, 15) is 5.11 Å². The summed E-state index contributed by atoms with van der Waals surface area (Å²) in [5.41, 5.74) is 1.21. The van der Waals surface area contributed by atoms with Crippen LogP contribution in [-0.2, 0) is 6.54 Å². The summed E-state index contributed by atoms with van der Waals surface area (Å²) in [4.78, 5) is 11.1. The minimum absolute atomic E-state index is 0.373. The molecule has 3 heterocycles. The van der Waals surface area contributed by atoms with Crippen LogP contribution in [0.3, 0.4) is 0 Å². The van der Waals surface area contributed by atoms with Gasteiger partial charge in [-0.15, -0.1) is 0 Å². The van der Waals surface area contributed by atoms with Crippen molar-refractivity contribution in [2.24, 2.45) is 5.92 Å². The first kappa shape index (κ1) is 22.6. The second kappa shape index (κ2) is 9.23. The third-order valence-electron chi connectivity index (χ3n) is 6.04. The topological polar surface area (TPSA) is 85.0 Å². The van der Waals surface area contributed by atoms with Crippen molar-refractivity contribution in [2.75, 3.05) is 18.6 Å². The third-order valence-corrected chi connectivity index (χ3v) is 6.59. The van der Waals surface area contributed by atoms with Gasteiger partial charge in [-0.3, -0.25) is 4.98 Å². The highest BCUT2D eigenvalue weighted by molar-refractivity contribution is 9.10. The fourth-order valence-electron chi connectivity index (χ4n) is 4.52. The molecule has 0 atom stereocenters. The molecule has 1 aliphatic carbocycles. The van der Waals surface area contributed by atoms with E-state index in [2.05, 4.69) is 48.0 Å². The second-order valence-electron chi connectivity index (χ2n) is 8.97. The highest BCUT2D eigenvalue weighted by atomic mass is 79.9. The van der Waals surface area contributed by atoms with Crippen LogP contribution in [0.2, 0.25) is 0 Å². The van der Waals surface area contributed by atoms with Crippen molar-refractivity contribution in [1.82, 2.24) is 19.6 Å². The normalized spacial score (nSPS) is 19.6. The molecule has 0 radical (unpaired) electrons. The van der Waals surface area contributed by atoms with E-state index in [0.717, 1.165) is 41.0 Å². The van der Waals surface area contributed by atoms with Crippen LogP contribution >= 0.6 is 15.9 Å². The largest absolute Gasteiger partial charge is 0.497 e. The predicted octanol–water partition coefficient (Wildman–Crippen LogP) is 4.86. The third kappa shape index (κ3) is 4.85. The molecule has 1 aromatic carbocycles. The first-order valence-electron chi connectivity index (χ1n) is 11.1. The van der Waals surface area contributed by atoms with Crippen LogP contribution in [0.4, 0.5) is 5.82 Å². The Balaban J connectivity index is 1.52. The van der Waals surface area contributed by atoms with E-state index < -0.39 is 5.60 Å². The lowest BCUT2D eigenvalue weighted by atomic mass is 9.72. The number of pyridine rings is 1. The van der Waals surface area contributed by atoms with E-state index >= 15 is 0 Å². The lowest BCUT2D eigenvalue weighted by Crippen LogP contribution is -2.46. The zero-order chi connectivity index (χ0) is 23.7. The molecule has 0 unspecified atom stereocenters. The fraction of sp³-hybridized carbons (Fsp3) is 0.320. The molecule has 34 heavy (non-hydrogen) atoms. The highest BCUT2D eigenvalue weighted by Gasteiger charge is 2.39. The zero-order valence-corrected chi connectivity index (χ0v) is 20.6. The van der Waals surface area contributed by atoms with Gasteiger partial charge in [-0.1, -0.05) is 12.1 Å². The Morgan fingerprint density at radius 2 is 1.97 bits per heavy atom. The van der Waals surface area contributed by atoms with Gasteiger partial charge in [-0.05, 0) is 71.4 Å². The second-order valence-corrected chi connectivity index (χ2v) is 9.83. The van der Waals surface area contributed by atoms with Crippen LogP contribution in [0.25, 0.3) is 5.65 Å². The maximum atomic E-state index is 10.3. The molecular formula is C25H26BrN5O3. The van der Waals surface area contributed by atoms with Crippen LogP contribution in [0.15, 0.2) is 65.5 Å². The number of halogens is 1. The first-order chi connectivity index (χ1) is 16.4. The average Bonchev–Trinajstić information content (AvgIpc) is 3.19. The maximum absolute atomic E-state index is 10.3. The lowest BCUT2D eigenvalue weighted by Gasteiger charge is -2.43. The van der Waals surface area contributed by atoms with Crippen molar-refractivity contribution in [1.29, 1.82) is 0 Å². The van der Waals surface area contributed by atoms with Crippen LogP contribution in [0.5, 0.6) is 17.4 Å². The van der Waals surface area contributed by atoms with Gasteiger partial charge in [-0.25, -0.2) is 0 Å². The molecule has 0 spiro atoms. The summed E-state index contributed by atoms with van der Waals surface area (Å²) in [6.45, 7) is 3.32. The van der Waals surface area contributed by atoms with Gasteiger partial charge in [0.2, 0.25) is 5.88 Å². The van der Waals surface area contributed by atoms with Gasteiger partial charge in [0.05, 0.1) is 29.6 Å². The summed E-state index contributed by atoms with van der Waals surface area (Å²) in [6, 6.07) is 13.6. The van der Waals surface area contributed by atoms with Crippen molar-refractivity contribution < 1.29 is 14.6 Å². The molecule has 176 valence electrons. The van der Waals surface area contributed by atoms with Crippen molar-refractivity contribution in [3.05, 3.63) is 71.1 Å². The molecule has 3 aromatic heterocycles. The number of hydrogen-bond acceptors (Lipinski definition) is 7. The fourth-order valence-corrected chi connectivity index (χ4v) is 4.87. The Morgan fingerprint density at radius 1 is 1.18 bits per heavy atom. The summed E-state index contributed by atoms with van der Waals surface area (Å²) >= 11 is 3.56. The Kier molecular flexibility index (Phi) is 6.14. The maximum Gasteiger partial charge on any atom is 0.225 e. The van der Waals surface area contributed by atoms with Crippen molar-refractivity contribution >= 4 is 27.4 Å². The summed E-state index contributed by atoms with van der Waals surface area (Å²) in [6.07, 6.45) is 6.62. The quantitative estimate of drug-likeness (QED) is 0.353. The van der Waals surface area contributed by atoms with Gasteiger partial charge >= 0.3 is 0 Å². The molecule has 1 fully saturated rings. The van der Waals surface area contributed by atoms with Gasteiger partial charge in [-0.2, -0.15) is 14.6 Å². The number of rotatable bonds is 8. The molecule has 1 saturated carbocycles. The van der Waals surface area contributed by atoms with Gasteiger partial charge in [0.15, 0.2) is 5.65 Å². The Bertz CT molecular complexity index is 1270. The number of aliphatic hydroxyl groups is 1.